The fourth-order valence-electron chi connectivity index (χ4n) is 4.26. The van der Waals surface area contributed by atoms with E-state index in [1.807, 2.05) is 0 Å². The first-order valence-corrected chi connectivity index (χ1v) is 8.95. The van der Waals surface area contributed by atoms with E-state index in [2.05, 4.69) is 39.1 Å². The molecule has 4 N–H and O–H groups in total. The smallest absolute Gasteiger partial charge is 0.400 e. The average Bonchev–Trinajstić information content (AvgIpc) is 3.04. The maximum Gasteiger partial charge on any atom is 0.490 e. The van der Waals surface area contributed by atoms with Crippen molar-refractivity contribution >= 4 is 13.0 Å². The lowest BCUT2D eigenvalue weighted by molar-refractivity contribution is -0.113. The van der Waals surface area contributed by atoms with Crippen molar-refractivity contribution < 1.29 is 19.2 Å². The monoisotopic (exact) mass is 348 g/mol. The van der Waals surface area contributed by atoms with Gasteiger partial charge in [-0.2, -0.15) is 0 Å². The zero-order valence-electron chi connectivity index (χ0n) is 15.8. The number of rotatable bonds is 4. The first-order valence-electron chi connectivity index (χ1n) is 8.95. The number of hydrogen-bond donors (Lipinski definition) is 3. The summed E-state index contributed by atoms with van der Waals surface area (Å²) in [6.45, 7) is 8.21. The quantitative estimate of drug-likeness (QED) is 0.526. The van der Waals surface area contributed by atoms with Crippen molar-refractivity contribution in [2.24, 2.45) is 17.6 Å². The summed E-state index contributed by atoms with van der Waals surface area (Å²) in [4.78, 5) is 11.2. The summed E-state index contributed by atoms with van der Waals surface area (Å²) in [5, 5.41) is 13.9. The maximum atomic E-state index is 11.2. The van der Waals surface area contributed by atoms with Crippen molar-refractivity contribution in [1.29, 1.82) is 0 Å². The number of hydrogen-bond acceptors (Lipinski definition) is 5. The number of carbonyl (C=O) groups excluding carboxylic acids is 1. The van der Waals surface area contributed by atoms with Crippen LogP contribution in [0.3, 0.4) is 0 Å². The highest BCUT2D eigenvalue weighted by molar-refractivity contribution is 6.54. The minimum absolute atomic E-state index is 0.253. The molecule has 0 aromatic carbocycles. The lowest BCUT2D eigenvalue weighted by Gasteiger charge is -2.32. The number of aliphatic hydroxyl groups is 1. The SMILES string of the molecule is CN/C(=C\C(N)=O)[C@]1(O)C[C@H]2CC(B3OC(C)(C)C(C)(C)O3)=C[C@H]2C1. The molecule has 138 valence electrons. The Morgan fingerprint density at radius 1 is 1.32 bits per heavy atom. The molecule has 2 aliphatic carbocycles. The first-order chi connectivity index (χ1) is 11.5. The van der Waals surface area contributed by atoms with Gasteiger partial charge in [-0.1, -0.05) is 6.08 Å². The molecule has 25 heavy (non-hydrogen) atoms. The molecule has 0 spiro atoms. The van der Waals surface area contributed by atoms with Gasteiger partial charge in [0.2, 0.25) is 5.91 Å². The Morgan fingerprint density at radius 3 is 2.40 bits per heavy atom. The van der Waals surface area contributed by atoms with E-state index in [4.69, 9.17) is 15.0 Å². The van der Waals surface area contributed by atoms with Gasteiger partial charge < -0.3 is 25.5 Å². The third-order valence-electron chi connectivity index (χ3n) is 6.32. The van der Waals surface area contributed by atoms with Crippen LogP contribution >= 0.6 is 0 Å². The van der Waals surface area contributed by atoms with Gasteiger partial charge in [0.1, 0.15) is 5.60 Å². The number of likely N-dealkylation sites (N-methyl/N-ethyl adjacent to an activating group) is 1. The van der Waals surface area contributed by atoms with Gasteiger partial charge in [-0.15, -0.1) is 0 Å². The van der Waals surface area contributed by atoms with Crippen LogP contribution in [0.2, 0.25) is 0 Å². The van der Waals surface area contributed by atoms with Crippen LogP contribution in [0.15, 0.2) is 23.3 Å². The van der Waals surface area contributed by atoms with Crippen LogP contribution in [-0.4, -0.2) is 42.0 Å². The first kappa shape index (κ1) is 18.5. The van der Waals surface area contributed by atoms with Crippen molar-refractivity contribution in [3.63, 3.8) is 0 Å². The van der Waals surface area contributed by atoms with Gasteiger partial charge in [0, 0.05) is 18.8 Å². The topological polar surface area (TPSA) is 93.8 Å². The number of nitrogens with two attached hydrogens (primary N) is 1. The third kappa shape index (κ3) is 3.13. The summed E-state index contributed by atoms with van der Waals surface area (Å²) >= 11 is 0. The Balaban J connectivity index is 1.74. The van der Waals surface area contributed by atoms with Crippen LogP contribution < -0.4 is 11.1 Å². The molecule has 1 aliphatic heterocycles. The predicted molar refractivity (Wildman–Crippen MR) is 96.3 cm³/mol. The summed E-state index contributed by atoms with van der Waals surface area (Å²) in [5.74, 6) is 0.0237. The number of allylic oxidation sites excluding steroid dienone is 2. The molecule has 0 bridgehead atoms. The Labute approximate surface area is 150 Å². The standard InChI is InChI=1S/C18H29BN2O4/c1-16(2)17(3,4)25-19(24-16)13-6-11-9-18(23,10-12(11)7-13)14(21-5)8-15(20)22/h6,8,11-12,21,23H,7,9-10H2,1-5H3,(H2,20,22)/b14-8-/t11-,12+,18+/m0/s1. The molecule has 6 nitrogen and oxygen atoms in total. The van der Waals surface area contributed by atoms with Crippen molar-refractivity contribution in [3.05, 3.63) is 23.3 Å². The van der Waals surface area contributed by atoms with E-state index in [9.17, 15) is 9.90 Å². The number of nitrogens with one attached hydrogen (secondary N) is 1. The number of amides is 1. The largest absolute Gasteiger partial charge is 0.490 e. The Kier molecular flexibility index (Phi) is 4.33. The zero-order valence-corrected chi connectivity index (χ0v) is 15.8. The van der Waals surface area contributed by atoms with Crippen LogP contribution in [-0.2, 0) is 14.1 Å². The van der Waals surface area contributed by atoms with Crippen molar-refractivity contribution in [2.45, 2.75) is 63.8 Å². The molecule has 1 heterocycles. The van der Waals surface area contributed by atoms with E-state index in [0.717, 1.165) is 6.42 Å². The van der Waals surface area contributed by atoms with Gasteiger partial charge in [0.15, 0.2) is 0 Å². The molecule has 0 unspecified atom stereocenters. The lowest BCUT2D eigenvalue weighted by Crippen LogP contribution is -2.41. The van der Waals surface area contributed by atoms with Crippen LogP contribution in [0.5, 0.6) is 0 Å². The highest BCUT2D eigenvalue weighted by Gasteiger charge is 2.55. The van der Waals surface area contributed by atoms with Crippen LogP contribution in [0, 0.1) is 11.8 Å². The second kappa shape index (κ2) is 5.86. The van der Waals surface area contributed by atoms with Crippen molar-refractivity contribution in [2.75, 3.05) is 7.05 Å². The summed E-state index contributed by atoms with van der Waals surface area (Å²) < 4.78 is 12.3. The van der Waals surface area contributed by atoms with E-state index in [0.29, 0.717) is 24.5 Å². The van der Waals surface area contributed by atoms with Gasteiger partial charge in [0.05, 0.1) is 11.2 Å². The van der Waals surface area contributed by atoms with Crippen LogP contribution in [0.25, 0.3) is 0 Å². The van der Waals surface area contributed by atoms with Crippen molar-refractivity contribution in [3.8, 4) is 0 Å². The molecule has 0 aromatic rings. The highest BCUT2D eigenvalue weighted by Crippen LogP contribution is 2.51. The molecule has 2 fully saturated rings. The summed E-state index contributed by atoms with van der Waals surface area (Å²) in [6, 6.07) is 0. The normalized spacial score (nSPS) is 36.3. The van der Waals surface area contributed by atoms with Crippen LogP contribution in [0.4, 0.5) is 0 Å². The van der Waals surface area contributed by atoms with E-state index < -0.39 is 11.5 Å². The molecule has 7 heteroatoms. The highest BCUT2D eigenvalue weighted by atomic mass is 16.7. The van der Waals surface area contributed by atoms with Gasteiger partial charge in [-0.3, -0.25) is 4.79 Å². The molecule has 3 aliphatic rings. The lowest BCUT2D eigenvalue weighted by atomic mass is 9.76. The molecule has 1 amide bonds. The van der Waals surface area contributed by atoms with Gasteiger partial charge in [-0.25, -0.2) is 0 Å². The molecular formula is C18H29BN2O4. The number of carbonyl (C=O) groups is 1. The van der Waals surface area contributed by atoms with Gasteiger partial charge >= 0.3 is 7.12 Å². The second-order valence-electron chi connectivity index (χ2n) is 8.61. The maximum absolute atomic E-state index is 11.2. The molecule has 1 saturated carbocycles. The van der Waals surface area contributed by atoms with Crippen LogP contribution in [0.1, 0.15) is 47.0 Å². The van der Waals surface area contributed by atoms with E-state index in [1.165, 1.54) is 11.5 Å². The molecule has 3 rings (SSSR count). The zero-order chi connectivity index (χ0) is 18.6. The summed E-state index contributed by atoms with van der Waals surface area (Å²) in [7, 11) is 1.39. The van der Waals surface area contributed by atoms with Gasteiger partial charge in [0.25, 0.3) is 0 Å². The van der Waals surface area contributed by atoms with E-state index >= 15 is 0 Å². The van der Waals surface area contributed by atoms with E-state index in [-0.39, 0.29) is 24.2 Å². The molecule has 0 radical (unpaired) electrons. The Hall–Kier alpha value is -1.31. The Bertz CT molecular complexity index is 627. The minimum Gasteiger partial charge on any atom is -0.400 e. The average molecular weight is 348 g/mol. The van der Waals surface area contributed by atoms with E-state index in [1.54, 1.807) is 7.05 Å². The summed E-state index contributed by atoms with van der Waals surface area (Å²) in [6.07, 6.45) is 5.50. The number of primary amides is 1. The third-order valence-corrected chi connectivity index (χ3v) is 6.32. The second-order valence-corrected chi connectivity index (χ2v) is 8.61. The molecular weight excluding hydrogens is 319 g/mol. The minimum atomic E-state index is -1.03. The summed E-state index contributed by atoms with van der Waals surface area (Å²) in [5.41, 5.74) is 5.20. The number of fused-ring (bicyclic) bond motifs is 1. The molecule has 1 saturated heterocycles. The molecule has 0 aromatic heterocycles. The molecule has 3 atom stereocenters. The Morgan fingerprint density at radius 2 is 1.92 bits per heavy atom. The predicted octanol–water partition coefficient (Wildman–Crippen LogP) is 1.29. The fraction of sp³-hybridized carbons (Fsp3) is 0.722. The van der Waals surface area contributed by atoms with Crippen molar-refractivity contribution in [1.82, 2.24) is 5.32 Å². The fourth-order valence-corrected chi connectivity index (χ4v) is 4.26. The van der Waals surface area contributed by atoms with Gasteiger partial charge in [-0.05, 0) is 64.3 Å².